The Labute approximate surface area is 158 Å². The van der Waals surface area contributed by atoms with Gasteiger partial charge in [0.1, 0.15) is 11.5 Å². The molecule has 27 heavy (non-hydrogen) atoms. The molecule has 1 saturated heterocycles. The molecular formula is C19H22N2O5S. The molecule has 1 N–H and O–H groups in total. The molecule has 144 valence electrons. The summed E-state index contributed by atoms with van der Waals surface area (Å²) in [4.78, 5) is 12.5. The number of sulfonamides is 1. The Morgan fingerprint density at radius 2 is 1.78 bits per heavy atom. The fourth-order valence-electron chi connectivity index (χ4n) is 2.95. The molecule has 3 rings (SSSR count). The molecule has 0 radical (unpaired) electrons. The highest BCUT2D eigenvalue weighted by Gasteiger charge is 2.26. The summed E-state index contributed by atoms with van der Waals surface area (Å²) in [6, 6.07) is 11.6. The first-order chi connectivity index (χ1) is 12.9. The molecule has 7 nitrogen and oxygen atoms in total. The molecule has 0 spiro atoms. The summed E-state index contributed by atoms with van der Waals surface area (Å²) in [5.41, 5.74) is 1.52. The summed E-state index contributed by atoms with van der Waals surface area (Å²) >= 11 is 0. The third-order valence-electron chi connectivity index (χ3n) is 4.42. The van der Waals surface area contributed by atoms with Crippen LogP contribution in [0.1, 0.15) is 23.2 Å². The molecular weight excluding hydrogens is 368 g/mol. The molecule has 0 unspecified atom stereocenters. The second-order valence-corrected chi connectivity index (χ2v) is 8.18. The van der Waals surface area contributed by atoms with E-state index in [4.69, 9.17) is 9.47 Å². The number of carbonyl (C=O) groups is 1. The van der Waals surface area contributed by atoms with Gasteiger partial charge in [-0.25, -0.2) is 8.42 Å². The average Bonchev–Trinajstić information content (AvgIpc) is 2.68. The van der Waals surface area contributed by atoms with Gasteiger partial charge in [-0.15, -0.1) is 0 Å². The molecule has 0 atom stereocenters. The maximum atomic E-state index is 12.5. The Balaban J connectivity index is 1.76. The lowest BCUT2D eigenvalue weighted by molar-refractivity contribution is 0.102. The largest absolute Gasteiger partial charge is 0.497 e. The second kappa shape index (κ2) is 7.87. The summed E-state index contributed by atoms with van der Waals surface area (Å²) in [6.45, 7) is 0.469. The summed E-state index contributed by atoms with van der Waals surface area (Å²) in [5.74, 6) is 0.953. The fourth-order valence-corrected chi connectivity index (χ4v) is 4.59. The van der Waals surface area contributed by atoms with Gasteiger partial charge in [-0.1, -0.05) is 0 Å². The Kier molecular flexibility index (Phi) is 5.55. The summed E-state index contributed by atoms with van der Waals surface area (Å²) in [7, 11) is -0.205. The van der Waals surface area contributed by atoms with E-state index in [1.165, 1.54) is 11.4 Å². The van der Waals surface area contributed by atoms with Gasteiger partial charge >= 0.3 is 0 Å². The predicted molar refractivity (Wildman–Crippen MR) is 104 cm³/mol. The lowest BCUT2D eigenvalue weighted by atomic mass is 10.1. The average molecular weight is 390 g/mol. The molecule has 1 heterocycles. The molecule has 0 aromatic heterocycles. The van der Waals surface area contributed by atoms with Crippen LogP contribution in [0.3, 0.4) is 0 Å². The SMILES string of the molecule is COc1ccc(NC(=O)c2ccc(N3CCCCS3(=O)=O)cc2)c(OC)c1. The molecule has 1 aliphatic heterocycles. The fraction of sp³-hybridized carbons (Fsp3) is 0.316. The third kappa shape index (κ3) is 4.16. The molecule has 1 amide bonds. The van der Waals surface area contributed by atoms with E-state index in [1.54, 1.807) is 49.6 Å². The highest BCUT2D eigenvalue weighted by atomic mass is 32.2. The predicted octanol–water partition coefficient (Wildman–Crippen LogP) is 2.89. The van der Waals surface area contributed by atoms with E-state index < -0.39 is 10.0 Å². The lowest BCUT2D eigenvalue weighted by Gasteiger charge is -2.28. The number of anilines is 2. The Bertz CT molecular complexity index is 926. The van der Waals surface area contributed by atoms with E-state index in [1.807, 2.05) is 0 Å². The van der Waals surface area contributed by atoms with E-state index in [9.17, 15) is 13.2 Å². The molecule has 1 fully saturated rings. The number of rotatable bonds is 5. The van der Waals surface area contributed by atoms with E-state index in [0.717, 1.165) is 6.42 Å². The van der Waals surface area contributed by atoms with Crippen LogP contribution >= 0.6 is 0 Å². The standard InChI is InChI=1S/C19H22N2O5S/c1-25-16-9-10-17(18(13-16)26-2)20-19(22)14-5-7-15(8-6-14)21-11-3-4-12-27(21,23)24/h5-10,13H,3-4,11-12H2,1-2H3,(H,20,22). The zero-order valence-corrected chi connectivity index (χ0v) is 16.1. The number of methoxy groups -OCH3 is 2. The van der Waals surface area contributed by atoms with Crippen molar-refractivity contribution in [2.24, 2.45) is 0 Å². The van der Waals surface area contributed by atoms with Gasteiger partial charge in [0.05, 0.1) is 31.3 Å². The molecule has 8 heteroatoms. The van der Waals surface area contributed by atoms with Gasteiger partial charge in [-0.3, -0.25) is 9.10 Å². The van der Waals surface area contributed by atoms with Crippen molar-refractivity contribution in [1.29, 1.82) is 0 Å². The van der Waals surface area contributed by atoms with Crippen LogP contribution in [0.5, 0.6) is 11.5 Å². The number of ether oxygens (including phenoxy) is 2. The highest BCUT2D eigenvalue weighted by Crippen LogP contribution is 2.30. The van der Waals surface area contributed by atoms with Gasteiger partial charge in [0.15, 0.2) is 0 Å². The highest BCUT2D eigenvalue weighted by molar-refractivity contribution is 7.92. The van der Waals surface area contributed by atoms with E-state index >= 15 is 0 Å². The Morgan fingerprint density at radius 3 is 2.41 bits per heavy atom. The normalized spacial score (nSPS) is 15.9. The number of hydrogen-bond acceptors (Lipinski definition) is 5. The number of hydrogen-bond donors (Lipinski definition) is 1. The third-order valence-corrected chi connectivity index (χ3v) is 6.29. The molecule has 1 aliphatic rings. The van der Waals surface area contributed by atoms with Crippen LogP contribution in [0.15, 0.2) is 42.5 Å². The molecule has 2 aromatic carbocycles. The zero-order valence-electron chi connectivity index (χ0n) is 15.3. The van der Waals surface area contributed by atoms with E-state index in [2.05, 4.69) is 5.32 Å². The minimum Gasteiger partial charge on any atom is -0.497 e. The van der Waals surface area contributed by atoms with Gasteiger partial charge in [0.2, 0.25) is 10.0 Å². The van der Waals surface area contributed by atoms with Crippen LogP contribution in [0.2, 0.25) is 0 Å². The molecule has 0 aliphatic carbocycles. The van der Waals surface area contributed by atoms with Gasteiger partial charge in [-0.2, -0.15) is 0 Å². The summed E-state index contributed by atoms with van der Waals surface area (Å²) < 4.78 is 36.2. The van der Waals surface area contributed by atoms with E-state index in [0.29, 0.717) is 41.4 Å². The monoisotopic (exact) mass is 390 g/mol. The molecule has 0 bridgehead atoms. The first-order valence-electron chi connectivity index (χ1n) is 8.58. The van der Waals surface area contributed by atoms with Crippen molar-refractivity contribution in [2.45, 2.75) is 12.8 Å². The maximum Gasteiger partial charge on any atom is 0.255 e. The number of carbonyl (C=O) groups excluding carboxylic acids is 1. The molecule has 2 aromatic rings. The van der Waals surface area contributed by atoms with Crippen molar-refractivity contribution in [3.8, 4) is 11.5 Å². The first-order valence-corrected chi connectivity index (χ1v) is 10.2. The zero-order chi connectivity index (χ0) is 19.4. The van der Waals surface area contributed by atoms with Crippen molar-refractivity contribution in [2.75, 3.05) is 36.1 Å². The van der Waals surface area contributed by atoms with Crippen molar-refractivity contribution in [1.82, 2.24) is 0 Å². The number of nitrogens with zero attached hydrogens (tertiary/aromatic N) is 1. The van der Waals surface area contributed by atoms with Crippen LogP contribution in [0.4, 0.5) is 11.4 Å². The van der Waals surface area contributed by atoms with Crippen LogP contribution < -0.4 is 19.1 Å². The van der Waals surface area contributed by atoms with Gasteiger partial charge in [0.25, 0.3) is 5.91 Å². The topological polar surface area (TPSA) is 84.9 Å². The minimum atomic E-state index is -3.27. The minimum absolute atomic E-state index is 0.159. The quantitative estimate of drug-likeness (QED) is 0.849. The van der Waals surface area contributed by atoms with Crippen LogP contribution in [0, 0.1) is 0 Å². The van der Waals surface area contributed by atoms with Gasteiger partial charge in [-0.05, 0) is 49.2 Å². The Hall–Kier alpha value is -2.74. The van der Waals surface area contributed by atoms with Gasteiger partial charge < -0.3 is 14.8 Å². The van der Waals surface area contributed by atoms with Crippen LogP contribution in [-0.4, -0.2) is 40.8 Å². The summed E-state index contributed by atoms with van der Waals surface area (Å²) in [6.07, 6.45) is 1.52. The van der Waals surface area contributed by atoms with E-state index in [-0.39, 0.29) is 11.7 Å². The van der Waals surface area contributed by atoms with Crippen molar-refractivity contribution < 1.29 is 22.7 Å². The Morgan fingerprint density at radius 1 is 1.04 bits per heavy atom. The number of amides is 1. The van der Waals surface area contributed by atoms with Crippen LogP contribution in [0.25, 0.3) is 0 Å². The first kappa shape index (κ1) is 19.0. The maximum absolute atomic E-state index is 12.5. The van der Waals surface area contributed by atoms with Crippen molar-refractivity contribution >= 4 is 27.3 Å². The number of benzene rings is 2. The van der Waals surface area contributed by atoms with Gasteiger partial charge in [0, 0.05) is 18.2 Å². The lowest BCUT2D eigenvalue weighted by Crippen LogP contribution is -2.37. The second-order valence-electron chi connectivity index (χ2n) is 6.16. The van der Waals surface area contributed by atoms with Crippen molar-refractivity contribution in [3.05, 3.63) is 48.0 Å². The van der Waals surface area contributed by atoms with Crippen LogP contribution in [-0.2, 0) is 10.0 Å². The van der Waals surface area contributed by atoms with Crippen molar-refractivity contribution in [3.63, 3.8) is 0 Å². The number of nitrogens with one attached hydrogen (secondary N) is 1. The summed E-state index contributed by atoms with van der Waals surface area (Å²) in [5, 5.41) is 2.79. The molecule has 0 saturated carbocycles. The smallest absolute Gasteiger partial charge is 0.255 e.